The Balaban J connectivity index is 2.63. The number of hydrogen-bond acceptors (Lipinski definition) is 3. The van der Waals surface area contributed by atoms with Gasteiger partial charge in [0.25, 0.3) is 0 Å². The lowest BCUT2D eigenvalue weighted by atomic mass is 10.1. The molecule has 82 valence electrons. The van der Waals surface area contributed by atoms with Crippen molar-refractivity contribution in [1.29, 1.82) is 0 Å². The van der Waals surface area contributed by atoms with Crippen LogP contribution in [-0.4, -0.2) is 12.1 Å². The van der Waals surface area contributed by atoms with Gasteiger partial charge in [-0.1, -0.05) is 12.1 Å². The number of aromatic nitrogens is 1. The topological polar surface area (TPSA) is 48.1 Å². The van der Waals surface area contributed by atoms with Crippen molar-refractivity contribution in [3.63, 3.8) is 0 Å². The third kappa shape index (κ3) is 1.69. The molecular weight excluding hydrogens is 207 g/mol. The molecular formula is C12H11FN2O. The smallest absolute Gasteiger partial charge is 0.146 e. The number of methoxy groups -OCH3 is 1. The van der Waals surface area contributed by atoms with Crippen LogP contribution in [0.2, 0.25) is 0 Å². The van der Waals surface area contributed by atoms with Crippen molar-refractivity contribution in [2.75, 3.05) is 12.8 Å². The zero-order valence-electron chi connectivity index (χ0n) is 8.77. The molecule has 2 aromatic rings. The standard InChI is InChI=1S/C12H11FN2O/c1-16-10-6-3-7-15-12(10)8-4-2-5-9(13)11(8)14/h2-7H,14H2,1H3. The van der Waals surface area contributed by atoms with Gasteiger partial charge in [0.2, 0.25) is 0 Å². The zero-order chi connectivity index (χ0) is 11.5. The summed E-state index contributed by atoms with van der Waals surface area (Å²) in [7, 11) is 1.54. The number of nitrogens with two attached hydrogens (primary N) is 1. The Kier molecular flexibility index (Phi) is 2.72. The number of anilines is 1. The normalized spacial score (nSPS) is 10.1. The van der Waals surface area contributed by atoms with Gasteiger partial charge in [0.15, 0.2) is 0 Å². The maximum Gasteiger partial charge on any atom is 0.146 e. The first kappa shape index (κ1) is 10.4. The number of ether oxygens (including phenoxy) is 1. The van der Waals surface area contributed by atoms with Crippen molar-refractivity contribution in [1.82, 2.24) is 4.98 Å². The number of rotatable bonds is 2. The number of pyridine rings is 1. The van der Waals surface area contributed by atoms with Gasteiger partial charge in [-0.15, -0.1) is 0 Å². The monoisotopic (exact) mass is 218 g/mol. The van der Waals surface area contributed by atoms with Gasteiger partial charge in [0.05, 0.1) is 12.8 Å². The third-order valence-corrected chi connectivity index (χ3v) is 2.30. The van der Waals surface area contributed by atoms with E-state index in [0.717, 1.165) is 0 Å². The fourth-order valence-electron chi connectivity index (χ4n) is 1.50. The van der Waals surface area contributed by atoms with Crippen LogP contribution in [0.1, 0.15) is 0 Å². The van der Waals surface area contributed by atoms with E-state index in [9.17, 15) is 4.39 Å². The first-order chi connectivity index (χ1) is 7.74. The summed E-state index contributed by atoms with van der Waals surface area (Å²) in [4.78, 5) is 4.15. The van der Waals surface area contributed by atoms with Gasteiger partial charge < -0.3 is 10.5 Å². The molecule has 0 bridgehead atoms. The van der Waals surface area contributed by atoms with Gasteiger partial charge in [0.1, 0.15) is 17.3 Å². The molecule has 0 amide bonds. The van der Waals surface area contributed by atoms with Crippen LogP contribution in [0.3, 0.4) is 0 Å². The van der Waals surface area contributed by atoms with Crippen molar-refractivity contribution in [3.05, 3.63) is 42.3 Å². The summed E-state index contributed by atoms with van der Waals surface area (Å²) in [6, 6.07) is 8.12. The van der Waals surface area contributed by atoms with E-state index in [1.807, 2.05) is 0 Å². The second-order valence-corrected chi connectivity index (χ2v) is 3.26. The molecule has 2 N–H and O–H groups in total. The number of nitrogen functional groups attached to an aromatic ring is 1. The van der Waals surface area contributed by atoms with Gasteiger partial charge in [-0.25, -0.2) is 4.39 Å². The van der Waals surface area contributed by atoms with Gasteiger partial charge >= 0.3 is 0 Å². The molecule has 0 aliphatic heterocycles. The zero-order valence-corrected chi connectivity index (χ0v) is 8.77. The van der Waals surface area contributed by atoms with E-state index < -0.39 is 5.82 Å². The van der Waals surface area contributed by atoms with Crippen LogP contribution >= 0.6 is 0 Å². The molecule has 1 heterocycles. The fourth-order valence-corrected chi connectivity index (χ4v) is 1.50. The highest BCUT2D eigenvalue weighted by molar-refractivity contribution is 5.77. The largest absolute Gasteiger partial charge is 0.494 e. The number of halogens is 1. The number of para-hydroxylation sites is 1. The van der Waals surface area contributed by atoms with Gasteiger partial charge in [-0.05, 0) is 18.2 Å². The average molecular weight is 218 g/mol. The van der Waals surface area contributed by atoms with Crippen molar-refractivity contribution in [2.24, 2.45) is 0 Å². The summed E-state index contributed by atoms with van der Waals surface area (Å²) >= 11 is 0. The molecule has 0 radical (unpaired) electrons. The van der Waals surface area contributed by atoms with E-state index >= 15 is 0 Å². The van der Waals surface area contributed by atoms with Crippen molar-refractivity contribution in [2.45, 2.75) is 0 Å². The van der Waals surface area contributed by atoms with Gasteiger partial charge in [0, 0.05) is 11.8 Å². The molecule has 0 aliphatic carbocycles. The van der Waals surface area contributed by atoms with Crippen molar-refractivity contribution in [3.8, 4) is 17.0 Å². The molecule has 3 nitrogen and oxygen atoms in total. The number of benzene rings is 1. The van der Waals surface area contributed by atoms with E-state index in [1.54, 1.807) is 30.5 Å². The van der Waals surface area contributed by atoms with Crippen LogP contribution in [0.5, 0.6) is 5.75 Å². The Morgan fingerprint density at radius 1 is 1.25 bits per heavy atom. The SMILES string of the molecule is COc1cccnc1-c1cccc(F)c1N. The summed E-state index contributed by atoms with van der Waals surface area (Å²) < 4.78 is 18.5. The van der Waals surface area contributed by atoms with Crippen molar-refractivity contribution >= 4 is 5.69 Å². The predicted octanol–water partition coefficient (Wildman–Crippen LogP) is 2.48. The molecule has 0 unspecified atom stereocenters. The van der Waals surface area contributed by atoms with Crippen LogP contribution in [0.4, 0.5) is 10.1 Å². The quantitative estimate of drug-likeness (QED) is 0.788. The Morgan fingerprint density at radius 3 is 2.81 bits per heavy atom. The molecule has 4 heteroatoms. The Morgan fingerprint density at radius 2 is 2.06 bits per heavy atom. The molecule has 2 rings (SSSR count). The van der Waals surface area contributed by atoms with Gasteiger partial charge in [-0.2, -0.15) is 0 Å². The molecule has 0 fully saturated rings. The van der Waals surface area contributed by atoms with Crippen LogP contribution in [-0.2, 0) is 0 Å². The van der Waals surface area contributed by atoms with Crippen molar-refractivity contribution < 1.29 is 9.13 Å². The molecule has 16 heavy (non-hydrogen) atoms. The summed E-state index contributed by atoms with van der Waals surface area (Å²) in [5, 5.41) is 0. The molecule has 1 aromatic carbocycles. The highest BCUT2D eigenvalue weighted by Gasteiger charge is 2.11. The lowest BCUT2D eigenvalue weighted by Gasteiger charge is -2.09. The lowest BCUT2D eigenvalue weighted by molar-refractivity contribution is 0.415. The lowest BCUT2D eigenvalue weighted by Crippen LogP contribution is -1.97. The number of nitrogens with zero attached hydrogens (tertiary/aromatic N) is 1. The van der Waals surface area contributed by atoms with Crippen LogP contribution in [0.15, 0.2) is 36.5 Å². The van der Waals surface area contributed by atoms with Gasteiger partial charge in [-0.3, -0.25) is 4.98 Å². The highest BCUT2D eigenvalue weighted by atomic mass is 19.1. The summed E-state index contributed by atoms with van der Waals surface area (Å²) in [6.07, 6.45) is 1.61. The van der Waals surface area contributed by atoms with Crippen LogP contribution < -0.4 is 10.5 Å². The summed E-state index contributed by atoms with van der Waals surface area (Å²) in [6.45, 7) is 0. The Hall–Kier alpha value is -2.10. The van der Waals surface area contributed by atoms with Crippen LogP contribution in [0.25, 0.3) is 11.3 Å². The highest BCUT2D eigenvalue weighted by Crippen LogP contribution is 2.32. The Labute approximate surface area is 92.7 Å². The Bertz CT molecular complexity index is 514. The van der Waals surface area contributed by atoms with Crippen LogP contribution in [0, 0.1) is 5.82 Å². The molecule has 0 saturated carbocycles. The van der Waals surface area contributed by atoms with E-state index in [1.165, 1.54) is 13.2 Å². The minimum absolute atomic E-state index is 0.0829. The fraction of sp³-hybridized carbons (Fsp3) is 0.0833. The summed E-state index contributed by atoms with van der Waals surface area (Å²) in [5.74, 6) is 0.116. The molecule has 0 aliphatic rings. The second kappa shape index (κ2) is 4.18. The first-order valence-electron chi connectivity index (χ1n) is 4.77. The minimum atomic E-state index is -0.454. The number of hydrogen-bond donors (Lipinski definition) is 1. The molecule has 1 aromatic heterocycles. The molecule has 0 atom stereocenters. The maximum atomic E-state index is 13.3. The van der Waals surface area contributed by atoms with E-state index in [2.05, 4.69) is 4.98 Å². The molecule has 0 spiro atoms. The third-order valence-electron chi connectivity index (χ3n) is 2.30. The first-order valence-corrected chi connectivity index (χ1v) is 4.77. The van der Waals surface area contributed by atoms with E-state index in [-0.39, 0.29) is 5.69 Å². The van der Waals surface area contributed by atoms with E-state index in [0.29, 0.717) is 17.0 Å². The maximum absolute atomic E-state index is 13.3. The second-order valence-electron chi connectivity index (χ2n) is 3.26. The molecule has 0 saturated heterocycles. The predicted molar refractivity (Wildman–Crippen MR) is 60.6 cm³/mol. The van der Waals surface area contributed by atoms with E-state index in [4.69, 9.17) is 10.5 Å². The minimum Gasteiger partial charge on any atom is -0.494 e. The summed E-state index contributed by atoms with van der Waals surface area (Å²) in [5.41, 5.74) is 6.83. The average Bonchev–Trinajstić information content (AvgIpc) is 2.33.